The highest BCUT2D eigenvalue weighted by molar-refractivity contribution is 4.90. The molecule has 0 saturated carbocycles. The van der Waals surface area contributed by atoms with E-state index < -0.39 is 0 Å². The molecule has 1 nitrogen and oxygen atoms in total. The minimum atomic E-state index is 0.457. The molecule has 2 atom stereocenters. The maximum Gasteiger partial charge on any atom is 0.0147 e. The van der Waals surface area contributed by atoms with E-state index in [1.54, 1.807) is 0 Å². The summed E-state index contributed by atoms with van der Waals surface area (Å²) in [7, 11) is 0. The second kappa shape index (κ2) is 4.65. The molecule has 1 heteroatoms. The van der Waals surface area contributed by atoms with Crippen LogP contribution in [0.25, 0.3) is 0 Å². The first kappa shape index (κ1) is 12.0. The normalized spacial score (nSPS) is 26.8. The van der Waals surface area contributed by atoms with Crippen molar-refractivity contribution in [3.8, 4) is 0 Å². The average Bonchev–Trinajstić information content (AvgIpc) is 2.50. The molecule has 0 radical (unpaired) electrons. The fraction of sp³-hybridized carbons (Fsp3) is 1.00. The molecule has 0 bridgehead atoms. The van der Waals surface area contributed by atoms with E-state index in [9.17, 15) is 0 Å². The zero-order valence-electron chi connectivity index (χ0n) is 10.6. The Bertz CT molecular complexity index is 169. The Morgan fingerprint density at radius 3 is 2.50 bits per heavy atom. The van der Waals surface area contributed by atoms with Crippen molar-refractivity contribution in [2.45, 2.75) is 72.4 Å². The number of hydrogen-bond acceptors (Lipinski definition) is 1. The van der Waals surface area contributed by atoms with Crippen LogP contribution in [0.5, 0.6) is 0 Å². The molecule has 14 heavy (non-hydrogen) atoms. The van der Waals surface area contributed by atoms with Crippen LogP contribution in [0.2, 0.25) is 0 Å². The van der Waals surface area contributed by atoms with Gasteiger partial charge in [-0.3, -0.25) is 4.90 Å². The molecule has 0 N–H and O–H groups in total. The summed E-state index contributed by atoms with van der Waals surface area (Å²) in [5, 5.41) is 0. The summed E-state index contributed by atoms with van der Waals surface area (Å²) < 4.78 is 0. The van der Waals surface area contributed by atoms with Crippen LogP contribution >= 0.6 is 0 Å². The second-order valence-electron chi connectivity index (χ2n) is 5.90. The van der Waals surface area contributed by atoms with Crippen LogP contribution < -0.4 is 0 Å². The Balaban J connectivity index is 2.59. The van der Waals surface area contributed by atoms with Gasteiger partial charge in [-0.1, -0.05) is 34.1 Å². The summed E-state index contributed by atoms with van der Waals surface area (Å²) >= 11 is 0. The van der Waals surface area contributed by atoms with Crippen molar-refractivity contribution in [3.05, 3.63) is 0 Å². The van der Waals surface area contributed by atoms with Gasteiger partial charge in [-0.05, 0) is 38.1 Å². The van der Waals surface area contributed by atoms with Crippen molar-refractivity contribution in [3.63, 3.8) is 0 Å². The van der Waals surface area contributed by atoms with E-state index >= 15 is 0 Å². The van der Waals surface area contributed by atoms with Crippen LogP contribution in [-0.2, 0) is 0 Å². The third kappa shape index (κ3) is 2.73. The van der Waals surface area contributed by atoms with Gasteiger partial charge in [0.05, 0.1) is 0 Å². The fourth-order valence-electron chi connectivity index (χ4n) is 2.83. The Morgan fingerprint density at radius 1 is 1.36 bits per heavy atom. The van der Waals surface area contributed by atoms with Crippen LogP contribution in [0.3, 0.4) is 0 Å². The molecular formula is C13H27N. The molecule has 1 rings (SSSR count). The summed E-state index contributed by atoms with van der Waals surface area (Å²) in [4.78, 5) is 2.74. The topological polar surface area (TPSA) is 3.24 Å². The molecule has 1 aliphatic rings. The largest absolute Gasteiger partial charge is 0.297 e. The molecule has 0 aromatic rings. The molecule has 0 aromatic carbocycles. The smallest absolute Gasteiger partial charge is 0.0147 e. The van der Waals surface area contributed by atoms with Crippen LogP contribution in [0.1, 0.15) is 60.3 Å². The van der Waals surface area contributed by atoms with Gasteiger partial charge in [0.25, 0.3) is 0 Å². The van der Waals surface area contributed by atoms with Gasteiger partial charge in [0.2, 0.25) is 0 Å². The molecule has 0 amide bonds. The van der Waals surface area contributed by atoms with Gasteiger partial charge in [-0.25, -0.2) is 0 Å². The lowest BCUT2D eigenvalue weighted by Gasteiger charge is -2.38. The first-order valence-corrected chi connectivity index (χ1v) is 6.22. The number of nitrogens with zero attached hydrogens (tertiary/aromatic N) is 1. The summed E-state index contributed by atoms with van der Waals surface area (Å²) in [6, 6.07) is 1.59. The SMILES string of the molecule is CCCC(C)N1CCC[C@H]1C(C)(C)C. The summed E-state index contributed by atoms with van der Waals surface area (Å²) in [6.07, 6.45) is 5.47. The number of likely N-dealkylation sites (tertiary alicyclic amines) is 1. The Morgan fingerprint density at radius 2 is 2.00 bits per heavy atom. The molecule has 1 fully saturated rings. The van der Waals surface area contributed by atoms with Crippen molar-refractivity contribution in [2.75, 3.05) is 6.54 Å². The number of rotatable bonds is 3. The monoisotopic (exact) mass is 197 g/mol. The Kier molecular flexibility index (Phi) is 4.00. The van der Waals surface area contributed by atoms with E-state index in [4.69, 9.17) is 0 Å². The lowest BCUT2D eigenvalue weighted by molar-refractivity contribution is 0.0994. The van der Waals surface area contributed by atoms with Gasteiger partial charge >= 0.3 is 0 Å². The molecule has 84 valence electrons. The molecule has 1 heterocycles. The maximum atomic E-state index is 2.74. The van der Waals surface area contributed by atoms with E-state index in [0.717, 1.165) is 12.1 Å². The summed E-state index contributed by atoms with van der Waals surface area (Å²) in [5.41, 5.74) is 0.457. The molecule has 0 aliphatic carbocycles. The predicted octanol–water partition coefficient (Wildman–Crippen LogP) is 3.69. The lowest BCUT2D eigenvalue weighted by atomic mass is 9.84. The minimum absolute atomic E-state index is 0.457. The Hall–Kier alpha value is -0.0400. The third-order valence-electron chi connectivity index (χ3n) is 3.57. The average molecular weight is 197 g/mol. The number of hydrogen-bond donors (Lipinski definition) is 0. The molecule has 0 aromatic heterocycles. The zero-order valence-corrected chi connectivity index (χ0v) is 10.6. The standard InChI is InChI=1S/C13H27N/c1-6-8-11(2)14-10-7-9-12(14)13(3,4)5/h11-12H,6-10H2,1-5H3/t11?,12-/m0/s1. The van der Waals surface area contributed by atoms with Crippen molar-refractivity contribution in [2.24, 2.45) is 5.41 Å². The highest BCUT2D eigenvalue weighted by Crippen LogP contribution is 2.34. The first-order chi connectivity index (χ1) is 6.46. The Labute approximate surface area is 89.9 Å². The van der Waals surface area contributed by atoms with Gasteiger partial charge in [-0.15, -0.1) is 0 Å². The molecule has 1 saturated heterocycles. The van der Waals surface area contributed by atoms with Crippen LogP contribution in [0.15, 0.2) is 0 Å². The highest BCUT2D eigenvalue weighted by atomic mass is 15.2. The first-order valence-electron chi connectivity index (χ1n) is 6.22. The van der Waals surface area contributed by atoms with Gasteiger partial charge < -0.3 is 0 Å². The van der Waals surface area contributed by atoms with Crippen LogP contribution in [-0.4, -0.2) is 23.5 Å². The predicted molar refractivity (Wildman–Crippen MR) is 63.6 cm³/mol. The van der Waals surface area contributed by atoms with E-state index in [2.05, 4.69) is 39.5 Å². The van der Waals surface area contributed by atoms with Crippen molar-refractivity contribution in [1.29, 1.82) is 0 Å². The molecule has 1 aliphatic heterocycles. The van der Waals surface area contributed by atoms with Gasteiger partial charge in [-0.2, -0.15) is 0 Å². The van der Waals surface area contributed by atoms with Crippen LogP contribution in [0.4, 0.5) is 0 Å². The molecule has 0 spiro atoms. The maximum absolute atomic E-state index is 2.74. The summed E-state index contributed by atoms with van der Waals surface area (Å²) in [6.45, 7) is 13.2. The molecular weight excluding hydrogens is 170 g/mol. The lowest BCUT2D eigenvalue weighted by Crippen LogP contribution is -2.44. The van der Waals surface area contributed by atoms with Crippen molar-refractivity contribution in [1.82, 2.24) is 4.90 Å². The minimum Gasteiger partial charge on any atom is -0.297 e. The van der Waals surface area contributed by atoms with Gasteiger partial charge in [0, 0.05) is 12.1 Å². The third-order valence-corrected chi connectivity index (χ3v) is 3.57. The fourth-order valence-corrected chi connectivity index (χ4v) is 2.83. The van der Waals surface area contributed by atoms with Gasteiger partial charge in [0.15, 0.2) is 0 Å². The quantitative estimate of drug-likeness (QED) is 0.667. The van der Waals surface area contributed by atoms with Crippen molar-refractivity contribution < 1.29 is 0 Å². The van der Waals surface area contributed by atoms with Gasteiger partial charge in [0.1, 0.15) is 0 Å². The second-order valence-corrected chi connectivity index (χ2v) is 5.90. The van der Waals surface area contributed by atoms with Crippen LogP contribution in [0, 0.1) is 5.41 Å². The zero-order chi connectivity index (χ0) is 10.8. The van der Waals surface area contributed by atoms with E-state index in [1.807, 2.05) is 0 Å². The summed E-state index contributed by atoms with van der Waals surface area (Å²) in [5.74, 6) is 0. The van der Waals surface area contributed by atoms with Crippen molar-refractivity contribution >= 4 is 0 Å². The van der Waals surface area contributed by atoms with E-state index in [1.165, 1.54) is 32.2 Å². The highest BCUT2D eigenvalue weighted by Gasteiger charge is 2.35. The van der Waals surface area contributed by atoms with E-state index in [0.29, 0.717) is 5.41 Å². The molecule has 1 unspecified atom stereocenters. The van der Waals surface area contributed by atoms with E-state index in [-0.39, 0.29) is 0 Å².